The molecule has 0 amide bonds. The Bertz CT molecular complexity index is 959. The molecule has 142 valence electrons. The Hall–Kier alpha value is -2.87. The molecule has 0 spiro atoms. The highest BCUT2D eigenvalue weighted by Gasteiger charge is 2.26. The summed E-state index contributed by atoms with van der Waals surface area (Å²) in [5.74, 6) is 1.27. The summed E-state index contributed by atoms with van der Waals surface area (Å²) in [5, 5.41) is 21.5. The van der Waals surface area contributed by atoms with E-state index in [1.807, 2.05) is 24.4 Å². The summed E-state index contributed by atoms with van der Waals surface area (Å²) in [6.07, 6.45) is 5.14. The van der Waals surface area contributed by atoms with Crippen molar-refractivity contribution < 1.29 is 4.74 Å². The van der Waals surface area contributed by atoms with Crippen molar-refractivity contribution in [2.75, 3.05) is 18.4 Å². The molecule has 1 N–H and O–H groups in total. The molecule has 0 aromatic carbocycles. The first-order valence-electron chi connectivity index (χ1n) is 9.24. The third-order valence-electron chi connectivity index (χ3n) is 4.89. The molecule has 2 aliphatic rings. The highest BCUT2D eigenvalue weighted by molar-refractivity contribution is 6.30. The van der Waals surface area contributed by atoms with E-state index < -0.39 is 0 Å². The first-order valence-corrected chi connectivity index (χ1v) is 9.62. The van der Waals surface area contributed by atoms with Crippen LogP contribution in [0.4, 0.5) is 5.82 Å². The SMILES string of the molecule is N#CCNc1nc(Cl)c(C#N)c2c1CCN(Cc1ccc(OC3CC3)nc1)C2. The van der Waals surface area contributed by atoms with E-state index >= 15 is 0 Å². The number of nitrogens with one attached hydrogen (secondary N) is 1. The second-order valence-corrected chi connectivity index (χ2v) is 7.35. The van der Waals surface area contributed by atoms with E-state index in [-0.39, 0.29) is 11.7 Å². The summed E-state index contributed by atoms with van der Waals surface area (Å²) < 4.78 is 5.69. The van der Waals surface area contributed by atoms with Crippen LogP contribution in [0.1, 0.15) is 35.1 Å². The number of ether oxygens (including phenoxy) is 1. The minimum atomic E-state index is 0.145. The number of hydrogen-bond acceptors (Lipinski definition) is 7. The fourth-order valence-corrected chi connectivity index (χ4v) is 3.60. The number of nitriles is 2. The summed E-state index contributed by atoms with van der Waals surface area (Å²) in [6, 6.07) is 8.17. The van der Waals surface area contributed by atoms with Gasteiger partial charge in [-0.15, -0.1) is 0 Å². The van der Waals surface area contributed by atoms with Crippen LogP contribution in [-0.4, -0.2) is 34.1 Å². The van der Waals surface area contributed by atoms with Gasteiger partial charge in [-0.3, -0.25) is 4.90 Å². The van der Waals surface area contributed by atoms with Crippen LogP contribution in [0.3, 0.4) is 0 Å². The molecule has 0 atom stereocenters. The first-order chi connectivity index (χ1) is 13.7. The molecular formula is C20H19ClN6O. The molecule has 1 fully saturated rings. The van der Waals surface area contributed by atoms with Crippen LogP contribution in [-0.2, 0) is 19.5 Å². The van der Waals surface area contributed by atoms with Gasteiger partial charge in [-0.05, 0) is 30.4 Å². The van der Waals surface area contributed by atoms with Gasteiger partial charge in [0.15, 0.2) is 0 Å². The second-order valence-electron chi connectivity index (χ2n) is 6.99. The Kier molecular flexibility index (Phi) is 5.29. The minimum Gasteiger partial charge on any atom is -0.474 e. The van der Waals surface area contributed by atoms with Crippen molar-refractivity contribution in [1.82, 2.24) is 14.9 Å². The molecule has 1 aliphatic carbocycles. The molecule has 0 radical (unpaired) electrons. The zero-order chi connectivity index (χ0) is 19.5. The predicted octanol–water partition coefficient (Wildman–Crippen LogP) is 3.04. The standard InChI is InChI=1S/C20H19ClN6O/c21-19-16(9-23)17-12-27(8-5-15(17)20(26-19)24-7-6-22)11-13-1-4-18(25-10-13)28-14-2-3-14/h1,4,10,14H,2-3,5,7-8,11-12H2,(H,24,26). The topological polar surface area (TPSA) is 97.9 Å². The van der Waals surface area contributed by atoms with E-state index in [1.54, 1.807) is 0 Å². The molecule has 3 heterocycles. The zero-order valence-corrected chi connectivity index (χ0v) is 16.0. The molecule has 2 aromatic rings. The van der Waals surface area contributed by atoms with Gasteiger partial charge in [-0.25, -0.2) is 9.97 Å². The van der Waals surface area contributed by atoms with Gasteiger partial charge in [-0.2, -0.15) is 10.5 Å². The average Bonchev–Trinajstić information content (AvgIpc) is 3.51. The van der Waals surface area contributed by atoms with Crippen molar-refractivity contribution in [2.45, 2.75) is 38.5 Å². The van der Waals surface area contributed by atoms with Crippen LogP contribution in [0.5, 0.6) is 5.88 Å². The summed E-state index contributed by atoms with van der Waals surface area (Å²) in [7, 11) is 0. The maximum Gasteiger partial charge on any atom is 0.213 e. The smallest absolute Gasteiger partial charge is 0.213 e. The van der Waals surface area contributed by atoms with Gasteiger partial charge in [0, 0.05) is 37.5 Å². The lowest BCUT2D eigenvalue weighted by molar-refractivity contribution is 0.244. The van der Waals surface area contributed by atoms with Gasteiger partial charge in [0.2, 0.25) is 5.88 Å². The summed E-state index contributed by atoms with van der Waals surface area (Å²) in [5.41, 5.74) is 3.36. The molecule has 0 unspecified atom stereocenters. The zero-order valence-electron chi connectivity index (χ0n) is 15.3. The number of hydrogen-bond donors (Lipinski definition) is 1. The molecule has 0 saturated heterocycles. The lowest BCUT2D eigenvalue weighted by Gasteiger charge is -2.30. The van der Waals surface area contributed by atoms with Gasteiger partial charge in [-0.1, -0.05) is 17.7 Å². The molecular weight excluding hydrogens is 376 g/mol. The number of rotatable bonds is 6. The van der Waals surface area contributed by atoms with Gasteiger partial charge in [0.25, 0.3) is 0 Å². The van der Waals surface area contributed by atoms with Gasteiger partial charge in [0.05, 0.1) is 11.6 Å². The Balaban J connectivity index is 1.51. The van der Waals surface area contributed by atoms with Crippen LogP contribution >= 0.6 is 11.6 Å². The van der Waals surface area contributed by atoms with Crippen LogP contribution < -0.4 is 10.1 Å². The van der Waals surface area contributed by atoms with Crippen LogP contribution in [0.15, 0.2) is 18.3 Å². The van der Waals surface area contributed by atoms with Gasteiger partial charge < -0.3 is 10.1 Å². The number of halogens is 1. The van der Waals surface area contributed by atoms with Gasteiger partial charge >= 0.3 is 0 Å². The highest BCUT2D eigenvalue weighted by atomic mass is 35.5. The Labute approximate surface area is 168 Å². The largest absolute Gasteiger partial charge is 0.474 e. The normalized spacial score (nSPS) is 16.0. The number of aromatic nitrogens is 2. The van der Waals surface area contributed by atoms with Crippen LogP contribution in [0.25, 0.3) is 0 Å². The van der Waals surface area contributed by atoms with E-state index in [9.17, 15) is 5.26 Å². The maximum absolute atomic E-state index is 9.54. The Morgan fingerprint density at radius 2 is 2.14 bits per heavy atom. The fraction of sp³-hybridized carbons (Fsp3) is 0.400. The van der Waals surface area contributed by atoms with Crippen molar-refractivity contribution in [3.63, 3.8) is 0 Å². The molecule has 8 heteroatoms. The molecule has 4 rings (SSSR count). The number of fused-ring (bicyclic) bond motifs is 1. The summed E-state index contributed by atoms with van der Waals surface area (Å²) >= 11 is 6.22. The van der Waals surface area contributed by atoms with E-state index in [2.05, 4.69) is 26.3 Å². The molecule has 2 aromatic heterocycles. The Morgan fingerprint density at radius 3 is 2.82 bits per heavy atom. The molecule has 0 bridgehead atoms. The quantitative estimate of drug-likeness (QED) is 0.593. The second kappa shape index (κ2) is 8.02. The maximum atomic E-state index is 9.54. The summed E-state index contributed by atoms with van der Waals surface area (Å²) in [6.45, 7) is 2.29. The first kappa shape index (κ1) is 18.5. The third-order valence-corrected chi connectivity index (χ3v) is 5.16. The third kappa shape index (κ3) is 4.01. The van der Waals surface area contributed by atoms with Crippen LogP contribution in [0.2, 0.25) is 5.15 Å². The summed E-state index contributed by atoms with van der Waals surface area (Å²) in [4.78, 5) is 10.9. The molecule has 1 saturated carbocycles. The molecule has 7 nitrogen and oxygen atoms in total. The predicted molar refractivity (Wildman–Crippen MR) is 104 cm³/mol. The lowest BCUT2D eigenvalue weighted by atomic mass is 9.96. The minimum absolute atomic E-state index is 0.145. The van der Waals surface area contributed by atoms with E-state index in [0.29, 0.717) is 29.9 Å². The Morgan fingerprint density at radius 1 is 1.29 bits per heavy atom. The van der Waals surface area contributed by atoms with Crippen molar-refractivity contribution in [3.05, 3.63) is 45.7 Å². The number of nitrogens with zero attached hydrogens (tertiary/aromatic N) is 5. The van der Waals surface area contributed by atoms with E-state index in [0.717, 1.165) is 49.0 Å². The molecule has 1 aliphatic heterocycles. The van der Waals surface area contributed by atoms with E-state index in [4.69, 9.17) is 21.6 Å². The van der Waals surface area contributed by atoms with Crippen LogP contribution in [0, 0.1) is 22.7 Å². The van der Waals surface area contributed by atoms with Gasteiger partial charge in [0.1, 0.15) is 29.7 Å². The van der Waals surface area contributed by atoms with Crippen molar-refractivity contribution in [1.29, 1.82) is 10.5 Å². The fourth-order valence-electron chi connectivity index (χ4n) is 3.36. The van der Waals surface area contributed by atoms with Crippen molar-refractivity contribution in [3.8, 4) is 18.0 Å². The van der Waals surface area contributed by atoms with Crippen molar-refractivity contribution in [2.24, 2.45) is 0 Å². The monoisotopic (exact) mass is 394 g/mol. The number of anilines is 1. The molecule has 28 heavy (non-hydrogen) atoms. The number of pyridine rings is 2. The lowest BCUT2D eigenvalue weighted by Crippen LogP contribution is -2.31. The van der Waals surface area contributed by atoms with Crippen molar-refractivity contribution >= 4 is 17.4 Å². The van der Waals surface area contributed by atoms with E-state index in [1.165, 1.54) is 0 Å². The average molecular weight is 395 g/mol. The highest BCUT2D eigenvalue weighted by Crippen LogP contribution is 2.32.